The number of aryl methyl sites for hydroxylation is 1. The van der Waals surface area contributed by atoms with Gasteiger partial charge in [0.2, 0.25) is 0 Å². The van der Waals surface area contributed by atoms with E-state index in [2.05, 4.69) is 0 Å². The maximum atomic E-state index is 13.3. The Morgan fingerprint density at radius 3 is 2.24 bits per heavy atom. The largest absolute Gasteiger partial charge is 0.507 e. The maximum absolute atomic E-state index is 13.3. The molecule has 0 aliphatic carbocycles. The molecule has 0 saturated carbocycles. The molecule has 1 heterocycles. The van der Waals surface area contributed by atoms with Crippen molar-refractivity contribution in [1.29, 1.82) is 0 Å². The quantitative estimate of drug-likeness (QED) is 0.343. The van der Waals surface area contributed by atoms with Crippen LogP contribution in [-0.2, 0) is 9.59 Å². The van der Waals surface area contributed by atoms with Gasteiger partial charge in [-0.3, -0.25) is 9.59 Å². The highest BCUT2D eigenvalue weighted by molar-refractivity contribution is 6.46. The van der Waals surface area contributed by atoms with Crippen LogP contribution in [0.2, 0.25) is 0 Å². The molecular formula is C26H32N2O6. The molecule has 0 bridgehead atoms. The summed E-state index contributed by atoms with van der Waals surface area (Å²) in [7, 11) is 8.52. The van der Waals surface area contributed by atoms with Gasteiger partial charge in [0.15, 0.2) is 0 Å². The van der Waals surface area contributed by atoms with Crippen LogP contribution in [0, 0.1) is 6.92 Å². The summed E-state index contributed by atoms with van der Waals surface area (Å²) < 4.78 is 16.2. The summed E-state index contributed by atoms with van der Waals surface area (Å²) >= 11 is 0. The van der Waals surface area contributed by atoms with Crippen LogP contribution in [0.5, 0.6) is 17.2 Å². The van der Waals surface area contributed by atoms with Gasteiger partial charge < -0.3 is 29.1 Å². The van der Waals surface area contributed by atoms with Crippen LogP contribution in [0.15, 0.2) is 42.0 Å². The van der Waals surface area contributed by atoms with Crippen LogP contribution in [0.1, 0.15) is 29.2 Å². The van der Waals surface area contributed by atoms with E-state index in [9.17, 15) is 14.7 Å². The standard InChI is InChI=1S/C26H32N2O6/c1-16-14-17(32-4)8-10-19(16)24(29)22-23(20-15-18(33-5)9-11-21(20)34-6)28(26(31)25(22)30)13-7-12-27(2)3/h8-11,14-15,23,29H,7,12-13H2,1-6H3/b24-22+/t23-/m1/s1. The van der Waals surface area contributed by atoms with Gasteiger partial charge in [0.25, 0.3) is 11.7 Å². The molecule has 34 heavy (non-hydrogen) atoms. The first-order valence-electron chi connectivity index (χ1n) is 11.0. The molecule has 2 aromatic carbocycles. The molecule has 1 aliphatic rings. The second-order valence-electron chi connectivity index (χ2n) is 8.44. The van der Waals surface area contributed by atoms with E-state index in [0.717, 1.165) is 6.54 Å². The zero-order valence-electron chi connectivity index (χ0n) is 20.5. The number of methoxy groups -OCH3 is 3. The molecule has 0 unspecified atom stereocenters. The zero-order valence-corrected chi connectivity index (χ0v) is 20.5. The highest BCUT2D eigenvalue weighted by Crippen LogP contribution is 2.44. The molecule has 1 N–H and O–H groups in total. The Morgan fingerprint density at radius 1 is 1.00 bits per heavy atom. The molecule has 1 amide bonds. The summed E-state index contributed by atoms with van der Waals surface area (Å²) in [6.07, 6.45) is 0.657. The molecule has 0 radical (unpaired) electrons. The van der Waals surface area contributed by atoms with Crippen molar-refractivity contribution in [3.05, 3.63) is 58.7 Å². The number of aliphatic hydroxyl groups is 1. The first-order chi connectivity index (χ1) is 16.2. The third-order valence-corrected chi connectivity index (χ3v) is 5.96. The minimum absolute atomic E-state index is 0.0228. The molecule has 1 aliphatic heterocycles. The van der Waals surface area contributed by atoms with Crippen LogP contribution in [0.4, 0.5) is 0 Å². The van der Waals surface area contributed by atoms with Crippen LogP contribution in [0.25, 0.3) is 5.76 Å². The number of rotatable bonds is 9. The number of carbonyl (C=O) groups excluding carboxylic acids is 2. The lowest BCUT2D eigenvalue weighted by molar-refractivity contribution is -0.140. The molecule has 8 nitrogen and oxygen atoms in total. The van der Waals surface area contributed by atoms with Crippen molar-refractivity contribution in [3.8, 4) is 17.2 Å². The third kappa shape index (κ3) is 4.87. The third-order valence-electron chi connectivity index (χ3n) is 5.96. The predicted octanol–water partition coefficient (Wildman–Crippen LogP) is 3.39. The van der Waals surface area contributed by atoms with Crippen molar-refractivity contribution < 1.29 is 28.9 Å². The summed E-state index contributed by atoms with van der Waals surface area (Å²) in [6.45, 7) is 2.89. The number of amides is 1. The van der Waals surface area contributed by atoms with Gasteiger partial charge in [0.05, 0.1) is 32.9 Å². The first kappa shape index (κ1) is 25.1. The second-order valence-corrected chi connectivity index (χ2v) is 8.44. The number of benzene rings is 2. The Balaban J connectivity index is 2.22. The fourth-order valence-electron chi connectivity index (χ4n) is 4.22. The fourth-order valence-corrected chi connectivity index (χ4v) is 4.22. The van der Waals surface area contributed by atoms with Crippen LogP contribution in [0.3, 0.4) is 0 Å². The smallest absolute Gasteiger partial charge is 0.295 e. The van der Waals surface area contributed by atoms with E-state index in [-0.39, 0.29) is 11.3 Å². The molecule has 0 aromatic heterocycles. The lowest BCUT2D eigenvalue weighted by atomic mass is 9.93. The van der Waals surface area contributed by atoms with E-state index >= 15 is 0 Å². The van der Waals surface area contributed by atoms with E-state index in [0.29, 0.717) is 46.9 Å². The summed E-state index contributed by atoms with van der Waals surface area (Å²) in [5, 5.41) is 11.4. The molecule has 2 aromatic rings. The van der Waals surface area contributed by atoms with E-state index in [1.165, 1.54) is 12.0 Å². The zero-order chi connectivity index (χ0) is 25.0. The number of likely N-dealkylation sites (tertiary alicyclic amines) is 1. The predicted molar refractivity (Wildman–Crippen MR) is 129 cm³/mol. The van der Waals surface area contributed by atoms with Crippen molar-refractivity contribution in [3.63, 3.8) is 0 Å². The molecule has 8 heteroatoms. The normalized spacial score (nSPS) is 17.4. The van der Waals surface area contributed by atoms with Gasteiger partial charge in [-0.25, -0.2) is 0 Å². The van der Waals surface area contributed by atoms with Gasteiger partial charge >= 0.3 is 0 Å². The lowest BCUT2D eigenvalue weighted by Crippen LogP contribution is -2.32. The van der Waals surface area contributed by atoms with E-state index in [4.69, 9.17) is 14.2 Å². The van der Waals surface area contributed by atoms with Crippen LogP contribution < -0.4 is 14.2 Å². The maximum Gasteiger partial charge on any atom is 0.295 e. The molecule has 1 saturated heterocycles. The molecule has 1 fully saturated rings. The number of carbonyl (C=O) groups is 2. The van der Waals surface area contributed by atoms with Crippen molar-refractivity contribution in [2.24, 2.45) is 0 Å². The molecule has 0 spiro atoms. The van der Waals surface area contributed by atoms with Gasteiger partial charge in [0, 0.05) is 17.7 Å². The van der Waals surface area contributed by atoms with Gasteiger partial charge in [-0.15, -0.1) is 0 Å². The van der Waals surface area contributed by atoms with Crippen LogP contribution in [-0.4, -0.2) is 75.1 Å². The Bertz CT molecular complexity index is 1110. The summed E-state index contributed by atoms with van der Waals surface area (Å²) in [4.78, 5) is 30.0. The summed E-state index contributed by atoms with van der Waals surface area (Å²) in [5.74, 6) is 0.0550. The van der Waals surface area contributed by atoms with Crippen LogP contribution >= 0.6 is 0 Å². The molecule has 182 valence electrons. The van der Waals surface area contributed by atoms with Gasteiger partial charge in [-0.1, -0.05) is 0 Å². The Kier molecular flexibility index (Phi) is 7.83. The number of hydrogen-bond donors (Lipinski definition) is 1. The summed E-state index contributed by atoms with van der Waals surface area (Å²) in [6, 6.07) is 9.54. The van der Waals surface area contributed by atoms with E-state index in [1.54, 1.807) is 50.6 Å². The van der Waals surface area contributed by atoms with E-state index < -0.39 is 17.7 Å². The number of ether oxygens (including phenoxy) is 3. The van der Waals surface area contributed by atoms with Gasteiger partial charge in [-0.05, 0) is 75.9 Å². The molecule has 1 atom stereocenters. The van der Waals surface area contributed by atoms with Gasteiger partial charge in [-0.2, -0.15) is 0 Å². The van der Waals surface area contributed by atoms with Crippen molar-refractivity contribution in [1.82, 2.24) is 9.80 Å². The number of Topliss-reactive ketones (excluding diaryl/α,β-unsaturated/α-hetero) is 1. The highest BCUT2D eigenvalue weighted by Gasteiger charge is 2.47. The van der Waals surface area contributed by atoms with Crippen molar-refractivity contribution >= 4 is 17.4 Å². The Labute approximate surface area is 200 Å². The minimum atomic E-state index is -0.825. The molecular weight excluding hydrogens is 436 g/mol. The average Bonchev–Trinajstić information content (AvgIpc) is 3.07. The number of ketones is 1. The highest BCUT2D eigenvalue weighted by atomic mass is 16.5. The SMILES string of the molecule is COc1ccc(/C(O)=C2\C(=O)C(=O)N(CCCN(C)C)[C@@H]2c2cc(OC)ccc2OC)c(C)c1. The van der Waals surface area contributed by atoms with E-state index in [1.807, 2.05) is 25.9 Å². The monoisotopic (exact) mass is 468 g/mol. The van der Waals surface area contributed by atoms with Gasteiger partial charge in [0.1, 0.15) is 23.0 Å². The number of nitrogens with zero attached hydrogens (tertiary/aromatic N) is 2. The minimum Gasteiger partial charge on any atom is -0.507 e. The fraction of sp³-hybridized carbons (Fsp3) is 0.385. The van der Waals surface area contributed by atoms with Crippen molar-refractivity contribution in [2.45, 2.75) is 19.4 Å². The number of aliphatic hydroxyl groups excluding tert-OH is 1. The Morgan fingerprint density at radius 2 is 1.65 bits per heavy atom. The topological polar surface area (TPSA) is 88.5 Å². The summed E-state index contributed by atoms with van der Waals surface area (Å²) in [5.41, 5.74) is 1.76. The number of hydrogen-bond acceptors (Lipinski definition) is 7. The Hall–Kier alpha value is -3.52. The second kappa shape index (κ2) is 10.6. The average molecular weight is 469 g/mol. The molecule has 3 rings (SSSR count). The first-order valence-corrected chi connectivity index (χ1v) is 11.0. The lowest BCUT2D eigenvalue weighted by Gasteiger charge is -2.27. The van der Waals surface area contributed by atoms with Crippen molar-refractivity contribution in [2.75, 3.05) is 48.5 Å².